The molecule has 1 aromatic carbocycles. The van der Waals surface area contributed by atoms with Gasteiger partial charge in [0.25, 0.3) is 0 Å². The molecule has 0 saturated carbocycles. The second-order valence-electron chi connectivity index (χ2n) is 9.81. The molecule has 1 saturated heterocycles. The largest absolute Gasteiger partial charge is 0.445 e. The van der Waals surface area contributed by atoms with Crippen molar-refractivity contribution >= 4 is 12.4 Å². The van der Waals surface area contributed by atoms with Crippen LogP contribution in [-0.4, -0.2) is 36.9 Å². The van der Waals surface area contributed by atoms with E-state index < -0.39 is 11.9 Å². The zero-order valence-electron chi connectivity index (χ0n) is 21.7. The molecule has 1 aliphatic heterocycles. The van der Waals surface area contributed by atoms with Gasteiger partial charge in [0.05, 0.1) is 18.8 Å². The molecule has 1 aliphatic rings. The Morgan fingerprint density at radius 2 is 1.60 bits per heavy atom. The first-order chi connectivity index (χ1) is 17.0. The molecule has 196 valence electrons. The van der Waals surface area contributed by atoms with Gasteiger partial charge in [-0.1, -0.05) is 87.4 Å². The number of amides is 1. The number of hydrogen-bond donors (Lipinski definition) is 1. The maximum Gasteiger partial charge on any atom is 0.407 e. The van der Waals surface area contributed by atoms with Gasteiger partial charge in [-0.3, -0.25) is 0 Å². The monoisotopic (exact) mass is 487 g/mol. The number of unbranched alkanes of at least 4 members (excludes halogenated alkanes) is 10. The summed E-state index contributed by atoms with van der Waals surface area (Å²) >= 11 is 0. The smallest absolute Gasteiger partial charge is 0.407 e. The van der Waals surface area contributed by atoms with E-state index in [2.05, 4.69) is 17.5 Å². The van der Waals surface area contributed by atoms with Gasteiger partial charge >= 0.3 is 6.09 Å². The second-order valence-corrected chi connectivity index (χ2v) is 9.81. The van der Waals surface area contributed by atoms with Crippen LogP contribution in [0.4, 0.5) is 4.79 Å². The molecule has 6 nitrogen and oxygen atoms in total. The van der Waals surface area contributed by atoms with Gasteiger partial charge in [0.15, 0.2) is 5.79 Å². The number of nitrogens with one attached hydrogen (secondary N) is 1. The van der Waals surface area contributed by atoms with Crippen LogP contribution in [-0.2, 0) is 25.6 Å². The van der Waals surface area contributed by atoms with Gasteiger partial charge in [-0.05, 0) is 45.1 Å². The van der Waals surface area contributed by atoms with Crippen LogP contribution in [0.25, 0.3) is 0 Å². The Bertz CT molecular complexity index is 734. The van der Waals surface area contributed by atoms with Gasteiger partial charge in [0.1, 0.15) is 12.9 Å². The van der Waals surface area contributed by atoms with Crippen LogP contribution in [0.5, 0.6) is 0 Å². The average molecular weight is 488 g/mol. The highest BCUT2D eigenvalue weighted by molar-refractivity contribution is 5.67. The standard InChI is InChI=1S/C29H45NO5/c1-29(2)34-24-26(30-28(32)33-23-25-19-15-14-16-20-25)27(35-29)21-17-12-10-8-6-4-3-5-7-9-11-13-18-22-31/h12,14-17,19-20,22,26-27H,3-11,13,18,21,23-24H2,1-2H3,(H,30,32)/b17-12+. The fourth-order valence-corrected chi connectivity index (χ4v) is 4.22. The lowest BCUT2D eigenvalue weighted by molar-refractivity contribution is -0.280. The first kappa shape index (κ1) is 29.1. The van der Waals surface area contributed by atoms with Crippen LogP contribution in [0.3, 0.4) is 0 Å². The topological polar surface area (TPSA) is 73.9 Å². The fourth-order valence-electron chi connectivity index (χ4n) is 4.22. The van der Waals surface area contributed by atoms with E-state index in [9.17, 15) is 9.59 Å². The molecule has 0 bridgehead atoms. The maximum absolute atomic E-state index is 12.3. The molecule has 0 radical (unpaired) electrons. The first-order valence-electron chi connectivity index (χ1n) is 13.4. The zero-order valence-corrected chi connectivity index (χ0v) is 21.7. The summed E-state index contributed by atoms with van der Waals surface area (Å²) in [7, 11) is 0. The van der Waals surface area contributed by atoms with Crippen molar-refractivity contribution in [3.8, 4) is 0 Å². The zero-order chi connectivity index (χ0) is 25.2. The molecule has 1 heterocycles. The van der Waals surface area contributed by atoms with E-state index in [0.717, 1.165) is 31.1 Å². The minimum Gasteiger partial charge on any atom is -0.445 e. The van der Waals surface area contributed by atoms with Crippen molar-refractivity contribution in [2.75, 3.05) is 6.61 Å². The molecular weight excluding hydrogens is 442 g/mol. The number of rotatable bonds is 17. The van der Waals surface area contributed by atoms with Gasteiger partial charge in [-0.15, -0.1) is 0 Å². The Hall–Kier alpha value is -2.18. The highest BCUT2D eigenvalue weighted by Crippen LogP contribution is 2.25. The number of ether oxygens (including phenoxy) is 3. The number of allylic oxidation sites excluding steroid dienone is 1. The number of aldehydes is 1. The average Bonchev–Trinajstić information content (AvgIpc) is 2.85. The van der Waals surface area contributed by atoms with Crippen molar-refractivity contribution < 1.29 is 23.8 Å². The van der Waals surface area contributed by atoms with Crippen molar-refractivity contribution in [2.24, 2.45) is 0 Å². The number of alkyl carbamates (subject to hydrolysis) is 1. The molecular formula is C29H45NO5. The van der Waals surface area contributed by atoms with Gasteiger partial charge in [0, 0.05) is 6.42 Å². The van der Waals surface area contributed by atoms with Crippen molar-refractivity contribution in [1.29, 1.82) is 0 Å². The SMILES string of the molecule is CC1(C)OCC(NC(=O)OCc2ccccc2)C(C/C=C/CCCCCCCCCCCC=O)O1. The molecule has 1 aromatic rings. The highest BCUT2D eigenvalue weighted by Gasteiger charge is 2.36. The Balaban J connectivity index is 1.60. The Morgan fingerprint density at radius 1 is 0.971 bits per heavy atom. The van der Waals surface area contributed by atoms with Gasteiger partial charge in [0.2, 0.25) is 0 Å². The maximum atomic E-state index is 12.3. The summed E-state index contributed by atoms with van der Waals surface area (Å²) in [4.78, 5) is 22.6. The van der Waals surface area contributed by atoms with E-state index in [1.165, 1.54) is 51.4 Å². The summed E-state index contributed by atoms with van der Waals surface area (Å²) in [5.41, 5.74) is 0.950. The first-order valence-corrected chi connectivity index (χ1v) is 13.4. The summed E-state index contributed by atoms with van der Waals surface area (Å²) in [5.74, 6) is -0.668. The summed E-state index contributed by atoms with van der Waals surface area (Å²) in [6, 6.07) is 9.38. The normalized spacial score (nSPS) is 19.5. The van der Waals surface area contributed by atoms with Crippen LogP contribution in [0.2, 0.25) is 0 Å². The van der Waals surface area contributed by atoms with Gasteiger partial charge in [-0.25, -0.2) is 4.79 Å². The number of carbonyl (C=O) groups is 2. The molecule has 0 aromatic heterocycles. The summed E-state index contributed by atoms with van der Waals surface area (Å²) in [5, 5.41) is 2.92. The lowest BCUT2D eigenvalue weighted by Gasteiger charge is -2.40. The lowest BCUT2D eigenvalue weighted by Crippen LogP contribution is -2.55. The Morgan fingerprint density at radius 3 is 2.26 bits per heavy atom. The van der Waals surface area contributed by atoms with E-state index in [4.69, 9.17) is 14.2 Å². The number of carbonyl (C=O) groups excluding carboxylic acids is 2. The third-order valence-corrected chi connectivity index (χ3v) is 6.24. The van der Waals surface area contributed by atoms with Crippen LogP contribution in [0.1, 0.15) is 96.5 Å². The predicted octanol–water partition coefficient (Wildman–Crippen LogP) is 6.87. The molecule has 2 unspecified atom stereocenters. The third kappa shape index (κ3) is 13.5. The molecule has 0 aliphatic carbocycles. The summed E-state index contributed by atoms with van der Waals surface area (Å²) < 4.78 is 17.2. The Kier molecular flexibility index (Phi) is 14.3. The minimum atomic E-state index is -0.668. The van der Waals surface area contributed by atoms with Crippen molar-refractivity contribution in [2.45, 2.75) is 115 Å². The van der Waals surface area contributed by atoms with E-state index >= 15 is 0 Å². The molecule has 1 N–H and O–H groups in total. The molecule has 2 rings (SSSR count). The van der Waals surface area contributed by atoms with E-state index in [1.807, 2.05) is 44.2 Å². The van der Waals surface area contributed by atoms with E-state index in [0.29, 0.717) is 13.0 Å². The van der Waals surface area contributed by atoms with Crippen LogP contribution < -0.4 is 5.32 Å². The summed E-state index contributed by atoms with van der Waals surface area (Å²) in [6.07, 6.45) is 18.4. The molecule has 0 spiro atoms. The van der Waals surface area contributed by atoms with Crippen molar-refractivity contribution in [3.05, 3.63) is 48.0 Å². The molecule has 2 atom stereocenters. The Labute approximate surface area is 211 Å². The van der Waals surface area contributed by atoms with Crippen LogP contribution in [0.15, 0.2) is 42.5 Å². The number of benzene rings is 1. The van der Waals surface area contributed by atoms with Crippen LogP contribution in [0, 0.1) is 0 Å². The van der Waals surface area contributed by atoms with Crippen molar-refractivity contribution in [3.63, 3.8) is 0 Å². The molecule has 35 heavy (non-hydrogen) atoms. The van der Waals surface area contributed by atoms with Crippen molar-refractivity contribution in [1.82, 2.24) is 5.32 Å². The molecule has 1 fully saturated rings. The number of hydrogen-bond acceptors (Lipinski definition) is 5. The van der Waals surface area contributed by atoms with Gasteiger partial charge in [-0.2, -0.15) is 0 Å². The highest BCUT2D eigenvalue weighted by atomic mass is 16.7. The second kappa shape index (κ2) is 17.3. The van der Waals surface area contributed by atoms with E-state index in [-0.39, 0.29) is 18.8 Å². The van der Waals surface area contributed by atoms with Crippen LogP contribution >= 0.6 is 0 Å². The minimum absolute atomic E-state index is 0.161. The quantitative estimate of drug-likeness (QED) is 0.147. The van der Waals surface area contributed by atoms with Gasteiger partial charge < -0.3 is 24.3 Å². The summed E-state index contributed by atoms with van der Waals surface area (Å²) in [6.45, 7) is 4.43. The molecule has 1 amide bonds. The fraction of sp³-hybridized carbons (Fsp3) is 0.655. The lowest BCUT2D eigenvalue weighted by atomic mass is 10.0. The molecule has 6 heteroatoms. The van der Waals surface area contributed by atoms with E-state index in [1.54, 1.807) is 0 Å². The predicted molar refractivity (Wildman–Crippen MR) is 139 cm³/mol. The third-order valence-electron chi connectivity index (χ3n) is 6.24.